The monoisotopic (exact) mass is 260 g/mol. The number of thioether (sulfide) groups is 1. The van der Waals surface area contributed by atoms with Gasteiger partial charge in [0.25, 0.3) is 0 Å². The van der Waals surface area contributed by atoms with Gasteiger partial charge in [-0.15, -0.1) is 0 Å². The van der Waals surface area contributed by atoms with Crippen LogP contribution in [0.3, 0.4) is 0 Å². The number of carboxylic acid groups (broad SMARTS) is 1. The van der Waals surface area contributed by atoms with Crippen LogP contribution < -0.4 is 5.32 Å². The third-order valence-electron chi connectivity index (χ3n) is 1.99. The molecule has 0 saturated carbocycles. The van der Waals surface area contributed by atoms with Gasteiger partial charge in [0.15, 0.2) is 5.13 Å². The average Bonchev–Trinajstić information content (AvgIpc) is 2.66. The zero-order valence-electron chi connectivity index (χ0n) is 9.40. The van der Waals surface area contributed by atoms with Gasteiger partial charge in [-0.3, -0.25) is 0 Å². The molecule has 1 aromatic heterocycles. The number of carbonyl (C=O) groups is 1. The number of aromatic nitrogens is 1. The van der Waals surface area contributed by atoms with Gasteiger partial charge in [0.05, 0.1) is 6.20 Å². The number of aromatic carboxylic acids is 1. The van der Waals surface area contributed by atoms with Crippen LogP contribution in [0, 0.1) is 0 Å². The Balaban J connectivity index is 2.37. The van der Waals surface area contributed by atoms with E-state index in [1.165, 1.54) is 17.5 Å². The van der Waals surface area contributed by atoms with Gasteiger partial charge in [-0.1, -0.05) is 18.3 Å². The lowest BCUT2D eigenvalue weighted by atomic mass is 10.3. The number of nitrogens with zero attached hydrogens (tertiary/aromatic N) is 1. The number of carboxylic acids is 1. The maximum atomic E-state index is 10.7. The summed E-state index contributed by atoms with van der Waals surface area (Å²) in [5, 5.41) is 12.6. The number of anilines is 1. The van der Waals surface area contributed by atoms with Crippen molar-refractivity contribution in [2.24, 2.45) is 0 Å². The topological polar surface area (TPSA) is 62.2 Å². The first-order chi connectivity index (χ1) is 7.63. The molecule has 0 aromatic carbocycles. The largest absolute Gasteiger partial charge is 0.477 e. The molecule has 0 spiro atoms. The molecular weight excluding hydrogens is 244 g/mol. The van der Waals surface area contributed by atoms with Crippen LogP contribution in [-0.2, 0) is 0 Å². The van der Waals surface area contributed by atoms with Crippen molar-refractivity contribution in [1.29, 1.82) is 0 Å². The van der Waals surface area contributed by atoms with Crippen LogP contribution in [0.4, 0.5) is 5.13 Å². The van der Waals surface area contributed by atoms with Gasteiger partial charge in [-0.2, -0.15) is 11.8 Å². The molecule has 90 valence electrons. The van der Waals surface area contributed by atoms with Gasteiger partial charge < -0.3 is 10.4 Å². The van der Waals surface area contributed by atoms with Gasteiger partial charge in [-0.05, 0) is 24.9 Å². The zero-order chi connectivity index (χ0) is 12.0. The van der Waals surface area contributed by atoms with E-state index in [9.17, 15) is 4.79 Å². The second-order valence-corrected chi connectivity index (χ2v) is 5.79. The van der Waals surface area contributed by atoms with E-state index in [2.05, 4.69) is 24.1 Å². The van der Waals surface area contributed by atoms with Gasteiger partial charge in [0, 0.05) is 6.04 Å². The fourth-order valence-electron chi connectivity index (χ4n) is 1.13. The summed E-state index contributed by atoms with van der Waals surface area (Å²) in [5.41, 5.74) is 0. The summed E-state index contributed by atoms with van der Waals surface area (Å²) in [4.78, 5) is 15.0. The summed E-state index contributed by atoms with van der Waals surface area (Å²) in [6.45, 7) is 4.22. The predicted octanol–water partition coefficient (Wildman–Crippen LogP) is 2.78. The van der Waals surface area contributed by atoms with Crippen molar-refractivity contribution in [3.05, 3.63) is 11.1 Å². The number of rotatable bonds is 7. The second kappa shape index (κ2) is 6.75. The number of hydrogen-bond acceptors (Lipinski definition) is 5. The highest BCUT2D eigenvalue weighted by Gasteiger charge is 2.10. The van der Waals surface area contributed by atoms with Gasteiger partial charge in [0.2, 0.25) is 0 Å². The Morgan fingerprint density at radius 3 is 3.06 bits per heavy atom. The molecule has 1 unspecified atom stereocenters. The summed E-state index contributed by atoms with van der Waals surface area (Å²) in [7, 11) is 0. The van der Waals surface area contributed by atoms with E-state index in [0.29, 0.717) is 11.2 Å². The van der Waals surface area contributed by atoms with Gasteiger partial charge >= 0.3 is 5.97 Å². The molecule has 0 bridgehead atoms. The maximum absolute atomic E-state index is 10.7. The van der Waals surface area contributed by atoms with Crippen molar-refractivity contribution in [3.63, 3.8) is 0 Å². The quantitative estimate of drug-likeness (QED) is 0.738. The Labute approximate surface area is 103 Å². The van der Waals surface area contributed by atoms with E-state index in [1.54, 1.807) is 0 Å². The Bertz CT molecular complexity index is 341. The lowest BCUT2D eigenvalue weighted by molar-refractivity contribution is 0.0702. The minimum atomic E-state index is -0.917. The van der Waals surface area contributed by atoms with Crippen LogP contribution in [0.5, 0.6) is 0 Å². The third kappa shape index (κ3) is 4.40. The van der Waals surface area contributed by atoms with Crippen LogP contribution >= 0.6 is 23.1 Å². The van der Waals surface area contributed by atoms with Crippen molar-refractivity contribution < 1.29 is 9.90 Å². The molecule has 1 aromatic rings. The molecule has 0 aliphatic heterocycles. The van der Waals surface area contributed by atoms with Crippen LogP contribution in [0.2, 0.25) is 0 Å². The van der Waals surface area contributed by atoms with Crippen molar-refractivity contribution in [2.75, 3.05) is 16.8 Å². The van der Waals surface area contributed by atoms with E-state index in [-0.39, 0.29) is 4.88 Å². The molecule has 0 fully saturated rings. The van der Waals surface area contributed by atoms with E-state index >= 15 is 0 Å². The molecule has 16 heavy (non-hydrogen) atoms. The fraction of sp³-hybridized carbons (Fsp3) is 0.600. The molecular formula is C10H16N2O2S2. The molecule has 0 aliphatic carbocycles. The lowest BCUT2D eigenvalue weighted by Crippen LogP contribution is -2.15. The summed E-state index contributed by atoms with van der Waals surface area (Å²) < 4.78 is 0. The molecule has 0 amide bonds. The van der Waals surface area contributed by atoms with Gasteiger partial charge in [0.1, 0.15) is 4.88 Å². The Hall–Kier alpha value is -0.750. The van der Waals surface area contributed by atoms with E-state index in [4.69, 9.17) is 5.11 Å². The molecule has 0 saturated heterocycles. The highest BCUT2D eigenvalue weighted by Crippen LogP contribution is 2.19. The minimum Gasteiger partial charge on any atom is -0.477 e. The van der Waals surface area contributed by atoms with Crippen molar-refractivity contribution >= 4 is 34.2 Å². The number of hydrogen-bond donors (Lipinski definition) is 2. The summed E-state index contributed by atoms with van der Waals surface area (Å²) in [6.07, 6.45) is 2.45. The molecule has 4 nitrogen and oxygen atoms in total. The summed E-state index contributed by atoms with van der Waals surface area (Å²) in [6, 6.07) is 0.326. The molecule has 6 heteroatoms. The van der Waals surface area contributed by atoms with Crippen LogP contribution in [-0.4, -0.2) is 33.6 Å². The summed E-state index contributed by atoms with van der Waals surface area (Å²) >= 11 is 3.09. The Morgan fingerprint density at radius 2 is 2.50 bits per heavy atom. The smallest absolute Gasteiger partial charge is 0.347 e. The lowest BCUT2D eigenvalue weighted by Gasteiger charge is -2.11. The van der Waals surface area contributed by atoms with Crippen molar-refractivity contribution in [2.45, 2.75) is 26.3 Å². The Morgan fingerprint density at radius 1 is 1.75 bits per heavy atom. The van der Waals surface area contributed by atoms with E-state index < -0.39 is 5.97 Å². The molecule has 1 atom stereocenters. The molecule has 0 aliphatic rings. The third-order valence-corrected chi connectivity index (χ3v) is 3.83. The maximum Gasteiger partial charge on any atom is 0.347 e. The highest BCUT2D eigenvalue weighted by atomic mass is 32.2. The normalized spacial score (nSPS) is 12.4. The fourth-order valence-corrected chi connectivity index (χ4v) is 2.70. The van der Waals surface area contributed by atoms with E-state index in [0.717, 1.165) is 17.9 Å². The highest BCUT2D eigenvalue weighted by molar-refractivity contribution is 7.99. The summed E-state index contributed by atoms with van der Waals surface area (Å²) in [5.74, 6) is 1.33. The molecule has 2 N–H and O–H groups in total. The van der Waals surface area contributed by atoms with Crippen molar-refractivity contribution in [1.82, 2.24) is 4.98 Å². The second-order valence-electron chi connectivity index (χ2n) is 3.37. The number of nitrogens with one attached hydrogen (secondary N) is 1. The standard InChI is InChI=1S/C10H16N2O2S2/c1-3-15-5-4-7(2)12-10-11-6-8(16-10)9(13)14/h6-7H,3-5H2,1-2H3,(H,11,12)(H,13,14). The first-order valence-electron chi connectivity index (χ1n) is 5.17. The average molecular weight is 260 g/mol. The van der Waals surface area contributed by atoms with Crippen LogP contribution in [0.1, 0.15) is 29.9 Å². The minimum absolute atomic E-state index is 0.276. The predicted molar refractivity (Wildman–Crippen MR) is 69.8 cm³/mol. The van der Waals surface area contributed by atoms with Crippen LogP contribution in [0.15, 0.2) is 6.20 Å². The first kappa shape index (κ1) is 13.3. The van der Waals surface area contributed by atoms with Crippen LogP contribution in [0.25, 0.3) is 0 Å². The SMILES string of the molecule is CCSCCC(C)Nc1ncc(C(=O)O)s1. The molecule has 1 rings (SSSR count). The zero-order valence-corrected chi connectivity index (χ0v) is 11.0. The van der Waals surface area contributed by atoms with E-state index in [1.807, 2.05) is 11.8 Å². The van der Waals surface area contributed by atoms with Crippen molar-refractivity contribution in [3.8, 4) is 0 Å². The molecule has 0 radical (unpaired) electrons. The first-order valence-corrected chi connectivity index (χ1v) is 7.14. The number of thiazole rings is 1. The van der Waals surface area contributed by atoms with Gasteiger partial charge in [-0.25, -0.2) is 9.78 Å². The Kier molecular flexibility index (Phi) is 5.62. The molecule has 1 heterocycles.